The molecular formula is C48H57ClN2O13. The Kier molecular flexibility index (Phi) is 25.9. The summed E-state index contributed by atoms with van der Waals surface area (Å²) in [5.74, 6) is -0.561. The van der Waals surface area contributed by atoms with E-state index in [1.807, 2.05) is 36.4 Å². The van der Waals surface area contributed by atoms with Gasteiger partial charge in [-0.15, -0.1) is 0 Å². The van der Waals surface area contributed by atoms with Gasteiger partial charge in [0.2, 0.25) is 0 Å². The van der Waals surface area contributed by atoms with Crippen molar-refractivity contribution in [2.75, 3.05) is 21.3 Å². The fraction of sp³-hybridized carbons (Fsp3) is 0.188. The first-order valence-corrected chi connectivity index (χ1v) is 17.7. The third-order valence-corrected chi connectivity index (χ3v) is 8.17. The van der Waals surface area contributed by atoms with Crippen molar-refractivity contribution < 1.29 is 82.8 Å². The molecule has 344 valence electrons. The molecule has 0 saturated heterocycles. The Balaban J connectivity index is 0. The average molecular weight is 905 g/mol. The molecule has 0 aromatic heterocycles. The Labute approximate surface area is 379 Å². The summed E-state index contributed by atoms with van der Waals surface area (Å²) in [6.45, 7) is 0. The molecule has 0 bridgehead atoms. The number of carbonyl (C=O) groups excluding carboxylic acids is 1. The minimum atomic E-state index is -0.444. The van der Waals surface area contributed by atoms with Gasteiger partial charge in [0.15, 0.2) is 11.5 Å². The van der Waals surface area contributed by atoms with E-state index in [-0.39, 0.29) is 92.5 Å². The topological polar surface area (TPSA) is 276 Å². The number of nitrogens with two attached hydrogens (primary N) is 1. The first kappa shape index (κ1) is 58.1. The van der Waals surface area contributed by atoms with E-state index in [9.17, 15) is 35.4 Å². The highest BCUT2D eigenvalue weighted by molar-refractivity contribution is 6.03. The van der Waals surface area contributed by atoms with Crippen LogP contribution >= 0.6 is 0 Å². The molecule has 0 aliphatic rings. The fourth-order valence-electron chi connectivity index (χ4n) is 5.29. The fourth-order valence-corrected chi connectivity index (χ4v) is 5.29. The zero-order valence-electron chi connectivity index (χ0n) is 33.2. The first-order valence-electron chi connectivity index (χ1n) is 17.7. The number of nitrogens with zero attached hydrogens (tertiary/aromatic N) is 1. The number of ketones is 1. The van der Waals surface area contributed by atoms with Crippen LogP contribution < -0.4 is 32.0 Å². The molecule has 0 saturated carbocycles. The van der Waals surface area contributed by atoms with Gasteiger partial charge in [0, 0.05) is 48.9 Å². The van der Waals surface area contributed by atoms with Crippen LogP contribution in [0.15, 0.2) is 115 Å². The predicted octanol–water partition coefficient (Wildman–Crippen LogP) is 4.32. The van der Waals surface area contributed by atoms with Crippen LogP contribution in [0.1, 0.15) is 54.9 Å². The number of aromatic hydroxyl groups is 9. The van der Waals surface area contributed by atoms with Crippen molar-refractivity contribution in [3.05, 3.63) is 143 Å². The standard InChI is InChI=1S/C15H15NO4.C15H14O5.C9H9NO.C6H6O3.3CH4.ClH/c1-20-11-4-2-9(3-5-11)6-12(16)15-13(18)7-10(17)8-14(15)19;1-20-11-4-2-9(3-5-11)6-12(17)15-13(18)7-10(16)8-14(15)19;1-11-9-4-2-8(3-5-9)6-7-10;7-4-1-5(8)3-6(9)2-4;;;;/h2-5,7-8,16-19H,6H2,1H3;2-5,7-8,16,18-19H,6H2,1H3;2-5H,6H2,1H3;1-3,7-9H;3*1H4;1H. The summed E-state index contributed by atoms with van der Waals surface area (Å²) in [7, 11) is 4.76. The van der Waals surface area contributed by atoms with Crippen LogP contribution in [0.5, 0.6) is 69.0 Å². The number of methoxy groups -OCH3 is 3. The molecule has 11 N–H and O–H groups in total. The molecule has 16 heteroatoms. The van der Waals surface area contributed by atoms with Gasteiger partial charge in [-0.25, -0.2) is 0 Å². The maximum absolute atomic E-state index is 12.1. The van der Waals surface area contributed by atoms with Gasteiger partial charge >= 0.3 is 0 Å². The highest BCUT2D eigenvalue weighted by Gasteiger charge is 2.20. The zero-order chi connectivity index (χ0) is 44.4. The van der Waals surface area contributed by atoms with E-state index in [2.05, 4.69) is 6.07 Å². The van der Waals surface area contributed by atoms with Gasteiger partial charge in [0.25, 0.3) is 0 Å². The zero-order valence-corrected chi connectivity index (χ0v) is 33.9. The summed E-state index contributed by atoms with van der Waals surface area (Å²) in [6, 6.07) is 31.5. The normalized spacial score (nSPS) is 9.22. The van der Waals surface area contributed by atoms with Gasteiger partial charge in [-0.2, -0.15) is 5.26 Å². The summed E-state index contributed by atoms with van der Waals surface area (Å²) in [6.07, 6.45) is 0.843. The summed E-state index contributed by atoms with van der Waals surface area (Å²) < 4.78 is 15.0. The Morgan fingerprint density at radius 1 is 0.484 bits per heavy atom. The number of phenols is 9. The number of ether oxygens (including phenoxy) is 3. The number of hydrogen-bond acceptors (Lipinski definition) is 14. The van der Waals surface area contributed by atoms with E-state index in [4.69, 9.17) is 40.2 Å². The first-order chi connectivity index (χ1) is 28.6. The van der Waals surface area contributed by atoms with E-state index in [0.717, 1.165) is 70.7 Å². The Bertz CT molecular complexity index is 2190. The third-order valence-electron chi connectivity index (χ3n) is 8.17. The molecule has 0 fully saturated rings. The second-order valence-electron chi connectivity index (χ2n) is 12.6. The maximum atomic E-state index is 12.1. The minimum absolute atomic E-state index is 0. The second kappa shape index (κ2) is 28.5. The van der Waals surface area contributed by atoms with E-state index in [1.165, 1.54) is 0 Å². The van der Waals surface area contributed by atoms with Crippen LogP contribution in [0.2, 0.25) is 0 Å². The molecule has 0 spiro atoms. The Morgan fingerprint density at radius 2 is 0.766 bits per heavy atom. The molecule has 0 unspecified atom stereocenters. The highest BCUT2D eigenvalue weighted by atomic mass is 35.5. The van der Waals surface area contributed by atoms with Crippen molar-refractivity contribution in [2.45, 2.75) is 41.5 Å². The van der Waals surface area contributed by atoms with Crippen LogP contribution in [-0.4, -0.2) is 78.8 Å². The lowest BCUT2D eigenvalue weighted by atomic mass is 10.0. The molecular weight excluding hydrogens is 848 g/mol. The molecule has 15 nitrogen and oxygen atoms in total. The Morgan fingerprint density at radius 3 is 1.08 bits per heavy atom. The van der Waals surface area contributed by atoms with Crippen LogP contribution in [-0.2, 0) is 19.3 Å². The van der Waals surface area contributed by atoms with Crippen LogP contribution in [0.25, 0.3) is 0 Å². The number of Topliss-reactive ketones (excluding diaryl/α,β-unsaturated/α-hetero) is 1. The van der Waals surface area contributed by atoms with Crippen molar-refractivity contribution in [2.24, 2.45) is 0 Å². The summed E-state index contributed by atoms with van der Waals surface area (Å²) in [5.41, 5.74) is 2.91. The molecule has 0 aliphatic heterocycles. The van der Waals surface area contributed by atoms with Crippen LogP contribution in [0.3, 0.4) is 0 Å². The van der Waals surface area contributed by atoms with Gasteiger partial charge in [-0.05, 0) is 53.1 Å². The average Bonchev–Trinajstić information content (AvgIpc) is 3.18. The molecule has 64 heavy (non-hydrogen) atoms. The number of phenolic OH excluding ortho intramolecular Hbond substituents is 9. The lowest BCUT2D eigenvalue weighted by Crippen LogP contribution is -3.00. The lowest BCUT2D eigenvalue weighted by molar-refractivity contribution is -0.114. The van der Waals surface area contributed by atoms with E-state index >= 15 is 0 Å². The van der Waals surface area contributed by atoms with Gasteiger partial charge in [0.1, 0.15) is 80.1 Å². The van der Waals surface area contributed by atoms with Crippen LogP contribution in [0, 0.1) is 11.3 Å². The smallest absolute Gasteiger partial charge is 0.192 e. The van der Waals surface area contributed by atoms with Gasteiger partial charge in [-0.3, -0.25) is 10.2 Å². The third kappa shape index (κ3) is 18.3. The van der Waals surface area contributed by atoms with E-state index in [1.54, 1.807) is 57.7 Å². The lowest BCUT2D eigenvalue weighted by Gasteiger charge is -2.08. The van der Waals surface area contributed by atoms with Gasteiger partial charge in [0.05, 0.1) is 40.2 Å². The van der Waals surface area contributed by atoms with Gasteiger partial charge in [-0.1, -0.05) is 58.7 Å². The molecule has 6 rings (SSSR count). The van der Waals surface area contributed by atoms with Crippen molar-refractivity contribution in [3.8, 4) is 75.1 Å². The molecule has 0 heterocycles. The second-order valence-corrected chi connectivity index (χ2v) is 12.6. The Hall–Kier alpha value is -7.96. The van der Waals surface area contributed by atoms with Crippen molar-refractivity contribution in [1.82, 2.24) is 0 Å². The maximum Gasteiger partial charge on any atom is 0.192 e. The number of hydrogen-bond donors (Lipinski definition) is 10. The predicted molar refractivity (Wildman–Crippen MR) is 241 cm³/mol. The SMILES string of the molecule is C.C.C.COc1ccc(CC#N)cc1.COc1ccc(CC(=O)c2c(O)cc(O)cc2O)cc1.COc1ccc(CC(=[NH2+])c2c(O)cc(O)cc2O)cc1.Oc1cc(O)cc(O)c1.[Cl-]. The molecule has 0 aliphatic carbocycles. The largest absolute Gasteiger partial charge is 1.00 e. The van der Waals surface area contributed by atoms with Crippen molar-refractivity contribution in [3.63, 3.8) is 0 Å². The summed E-state index contributed by atoms with van der Waals surface area (Å²) in [4.78, 5) is 12.1. The summed E-state index contributed by atoms with van der Waals surface area (Å²) in [5, 5.41) is 97.6. The van der Waals surface area contributed by atoms with Crippen molar-refractivity contribution >= 4 is 11.5 Å². The van der Waals surface area contributed by atoms with Crippen LogP contribution in [0.4, 0.5) is 0 Å². The number of halogens is 1. The van der Waals surface area contributed by atoms with E-state index in [0.29, 0.717) is 24.3 Å². The summed E-state index contributed by atoms with van der Waals surface area (Å²) >= 11 is 0. The number of nitriles is 1. The highest BCUT2D eigenvalue weighted by Crippen LogP contribution is 2.34. The molecule has 0 amide bonds. The minimum Gasteiger partial charge on any atom is -1.00 e. The molecule has 6 aromatic rings. The number of rotatable bonds is 10. The van der Waals surface area contributed by atoms with E-state index < -0.39 is 17.3 Å². The monoisotopic (exact) mass is 904 g/mol. The molecule has 0 radical (unpaired) electrons. The quantitative estimate of drug-likeness (QED) is 0.0678. The molecule has 0 atom stereocenters. The number of carbonyl (C=O) groups is 1. The number of benzene rings is 6. The van der Waals surface area contributed by atoms with Crippen molar-refractivity contribution in [1.29, 1.82) is 5.26 Å². The van der Waals surface area contributed by atoms with Gasteiger partial charge < -0.3 is 72.6 Å². The molecule has 6 aromatic carbocycles.